The number of hydrogen-bond donors (Lipinski definition) is 1. The summed E-state index contributed by atoms with van der Waals surface area (Å²) in [6.07, 6.45) is 0.612. The van der Waals surface area contributed by atoms with Crippen LogP contribution in [0.25, 0.3) is 0 Å². The summed E-state index contributed by atoms with van der Waals surface area (Å²) in [5, 5.41) is 18.9. The molecule has 0 saturated heterocycles. The van der Waals surface area contributed by atoms with Crippen molar-refractivity contribution in [1.29, 1.82) is 0 Å². The highest BCUT2D eigenvalue weighted by molar-refractivity contribution is 5.43. The van der Waals surface area contributed by atoms with Gasteiger partial charge in [-0.25, -0.2) is 0 Å². The van der Waals surface area contributed by atoms with Gasteiger partial charge in [-0.05, 0) is 13.0 Å². The Morgan fingerprint density at radius 3 is 2.32 bits per heavy atom. The molecular formula is C13H24N4O2. The van der Waals surface area contributed by atoms with Crippen molar-refractivity contribution in [2.24, 2.45) is 13.0 Å². The predicted molar refractivity (Wildman–Crippen MR) is 75.3 cm³/mol. The van der Waals surface area contributed by atoms with Gasteiger partial charge >= 0.3 is 5.69 Å². The summed E-state index contributed by atoms with van der Waals surface area (Å²) < 4.78 is 1.65. The average molecular weight is 268 g/mol. The number of nitrogens with one attached hydrogen (secondary N) is 1. The fourth-order valence-electron chi connectivity index (χ4n) is 2.27. The van der Waals surface area contributed by atoms with Crippen molar-refractivity contribution >= 4 is 5.69 Å². The van der Waals surface area contributed by atoms with E-state index in [1.54, 1.807) is 11.7 Å². The van der Waals surface area contributed by atoms with Crippen molar-refractivity contribution < 1.29 is 4.92 Å². The van der Waals surface area contributed by atoms with E-state index in [0.29, 0.717) is 23.7 Å². The Bertz CT molecular complexity index is 452. The van der Waals surface area contributed by atoms with Crippen LogP contribution >= 0.6 is 0 Å². The molecule has 19 heavy (non-hydrogen) atoms. The van der Waals surface area contributed by atoms with E-state index in [9.17, 15) is 10.1 Å². The molecule has 0 aliphatic carbocycles. The standard InChI is InChI=1S/C13H24N4O2/c1-8(2)10(14-5)7-11-13(17(18)19)12(9(3)4)15-16(11)6/h8-10,14H,7H2,1-6H3. The first-order valence-electron chi connectivity index (χ1n) is 6.67. The highest BCUT2D eigenvalue weighted by Gasteiger charge is 2.29. The normalized spacial score (nSPS) is 13.3. The van der Waals surface area contributed by atoms with Crippen molar-refractivity contribution in [3.63, 3.8) is 0 Å². The van der Waals surface area contributed by atoms with Crippen LogP contribution in [0.3, 0.4) is 0 Å². The Balaban J connectivity index is 3.23. The summed E-state index contributed by atoms with van der Waals surface area (Å²) in [6, 6.07) is 0.203. The van der Waals surface area contributed by atoms with Crippen molar-refractivity contribution in [3.8, 4) is 0 Å². The summed E-state index contributed by atoms with van der Waals surface area (Å²) in [4.78, 5) is 11.0. The second-order valence-electron chi connectivity index (χ2n) is 5.56. The first-order chi connectivity index (χ1) is 8.79. The lowest BCUT2D eigenvalue weighted by Gasteiger charge is -2.19. The Hall–Kier alpha value is -1.43. The van der Waals surface area contributed by atoms with Crippen LogP contribution in [0, 0.1) is 16.0 Å². The molecule has 108 valence electrons. The molecule has 1 rings (SSSR count). The van der Waals surface area contributed by atoms with Crippen LogP contribution in [0.1, 0.15) is 45.0 Å². The number of rotatable bonds is 6. The van der Waals surface area contributed by atoms with Crippen LogP contribution in [-0.4, -0.2) is 27.8 Å². The topological polar surface area (TPSA) is 73.0 Å². The van der Waals surface area contributed by atoms with E-state index in [-0.39, 0.29) is 22.6 Å². The van der Waals surface area contributed by atoms with Gasteiger partial charge < -0.3 is 5.32 Å². The van der Waals surface area contributed by atoms with E-state index in [0.717, 1.165) is 0 Å². The van der Waals surface area contributed by atoms with Gasteiger partial charge in [0.15, 0.2) is 0 Å². The molecule has 0 aromatic carbocycles. The maximum absolute atomic E-state index is 11.3. The lowest BCUT2D eigenvalue weighted by Crippen LogP contribution is -2.33. The van der Waals surface area contributed by atoms with Crippen LogP contribution in [0.4, 0.5) is 5.69 Å². The summed E-state index contributed by atoms with van der Waals surface area (Å²) >= 11 is 0. The third-order valence-corrected chi connectivity index (χ3v) is 3.48. The number of nitrogens with zero attached hydrogens (tertiary/aromatic N) is 3. The Morgan fingerprint density at radius 2 is 1.95 bits per heavy atom. The van der Waals surface area contributed by atoms with Crippen molar-refractivity contribution in [1.82, 2.24) is 15.1 Å². The molecule has 6 heteroatoms. The zero-order valence-electron chi connectivity index (χ0n) is 12.6. The van der Waals surface area contributed by atoms with Gasteiger partial charge in [-0.15, -0.1) is 0 Å². The largest absolute Gasteiger partial charge is 0.316 e. The number of aryl methyl sites for hydroxylation is 1. The molecule has 1 atom stereocenters. The fourth-order valence-corrected chi connectivity index (χ4v) is 2.27. The molecule has 0 bridgehead atoms. The van der Waals surface area contributed by atoms with Crippen molar-refractivity contribution in [2.75, 3.05) is 7.05 Å². The first kappa shape index (κ1) is 15.6. The number of likely N-dealkylation sites (N-methyl/N-ethyl adjacent to an activating group) is 1. The smallest absolute Gasteiger partial charge is 0.313 e. The number of aromatic nitrogens is 2. The molecule has 0 amide bonds. The fraction of sp³-hybridized carbons (Fsp3) is 0.769. The Kier molecular flexibility index (Phi) is 5.05. The van der Waals surface area contributed by atoms with Crippen LogP contribution in [0.15, 0.2) is 0 Å². The van der Waals surface area contributed by atoms with E-state index in [2.05, 4.69) is 24.3 Å². The molecule has 0 radical (unpaired) electrons. The second-order valence-corrected chi connectivity index (χ2v) is 5.56. The van der Waals surface area contributed by atoms with E-state index in [1.807, 2.05) is 20.9 Å². The number of hydrogen-bond acceptors (Lipinski definition) is 4. The summed E-state index contributed by atoms with van der Waals surface area (Å²) in [6.45, 7) is 8.06. The van der Waals surface area contributed by atoms with Crippen LogP contribution in [-0.2, 0) is 13.5 Å². The third kappa shape index (κ3) is 3.32. The van der Waals surface area contributed by atoms with Gasteiger partial charge in [0.05, 0.1) is 4.92 Å². The lowest BCUT2D eigenvalue weighted by molar-refractivity contribution is -0.386. The second kappa shape index (κ2) is 6.14. The maximum atomic E-state index is 11.3. The molecular weight excluding hydrogens is 244 g/mol. The van der Waals surface area contributed by atoms with Gasteiger partial charge in [0, 0.05) is 25.4 Å². The Morgan fingerprint density at radius 1 is 1.37 bits per heavy atom. The molecule has 6 nitrogen and oxygen atoms in total. The molecule has 1 unspecified atom stereocenters. The van der Waals surface area contributed by atoms with E-state index < -0.39 is 0 Å². The monoisotopic (exact) mass is 268 g/mol. The zero-order valence-corrected chi connectivity index (χ0v) is 12.6. The van der Waals surface area contributed by atoms with E-state index in [4.69, 9.17) is 0 Å². The summed E-state index contributed by atoms with van der Waals surface area (Å²) in [7, 11) is 3.66. The highest BCUT2D eigenvalue weighted by Crippen LogP contribution is 2.30. The molecule has 1 aromatic heterocycles. The van der Waals surface area contributed by atoms with Gasteiger partial charge in [-0.2, -0.15) is 5.10 Å². The van der Waals surface area contributed by atoms with Crippen LogP contribution in [0.2, 0.25) is 0 Å². The molecule has 1 aromatic rings. The van der Waals surface area contributed by atoms with Crippen molar-refractivity contribution in [2.45, 2.75) is 46.1 Å². The molecule has 0 saturated carbocycles. The molecule has 1 heterocycles. The minimum absolute atomic E-state index is 0.0486. The van der Waals surface area contributed by atoms with Crippen molar-refractivity contribution in [3.05, 3.63) is 21.5 Å². The maximum Gasteiger partial charge on any atom is 0.313 e. The zero-order chi connectivity index (χ0) is 14.7. The lowest BCUT2D eigenvalue weighted by atomic mass is 9.98. The van der Waals surface area contributed by atoms with Gasteiger partial charge in [-0.3, -0.25) is 14.8 Å². The van der Waals surface area contributed by atoms with Gasteiger partial charge in [0.1, 0.15) is 11.4 Å². The highest BCUT2D eigenvalue weighted by atomic mass is 16.6. The van der Waals surface area contributed by atoms with Gasteiger partial charge in [0.2, 0.25) is 0 Å². The molecule has 1 N–H and O–H groups in total. The summed E-state index contributed by atoms with van der Waals surface area (Å²) in [5.74, 6) is 0.453. The third-order valence-electron chi connectivity index (χ3n) is 3.48. The predicted octanol–water partition coefficient (Wildman–Crippen LogP) is 2.24. The van der Waals surface area contributed by atoms with E-state index >= 15 is 0 Å². The van der Waals surface area contributed by atoms with E-state index in [1.165, 1.54) is 0 Å². The molecule has 0 fully saturated rings. The SMILES string of the molecule is CNC(Cc1c([N+](=O)[O-])c(C(C)C)nn1C)C(C)C. The quantitative estimate of drug-likeness (QED) is 0.634. The minimum atomic E-state index is -0.301. The summed E-state index contributed by atoms with van der Waals surface area (Å²) in [5.41, 5.74) is 1.45. The van der Waals surface area contributed by atoms with Gasteiger partial charge in [-0.1, -0.05) is 27.7 Å². The minimum Gasteiger partial charge on any atom is -0.316 e. The average Bonchev–Trinajstić information content (AvgIpc) is 2.63. The number of nitro groups is 1. The van der Waals surface area contributed by atoms with Crippen LogP contribution in [0.5, 0.6) is 0 Å². The molecule has 0 spiro atoms. The first-order valence-corrected chi connectivity index (χ1v) is 6.67. The van der Waals surface area contributed by atoms with Gasteiger partial charge in [0.25, 0.3) is 0 Å². The molecule has 0 aliphatic rings. The Labute approximate surface area is 114 Å². The molecule has 0 aliphatic heterocycles. The van der Waals surface area contributed by atoms with Crippen LogP contribution < -0.4 is 5.32 Å².